The number of anilines is 1. The molecule has 0 unspecified atom stereocenters. The molecule has 0 aromatic heterocycles. The Kier molecular flexibility index (Phi) is 8.47. The molecule has 2 N–H and O–H groups in total. The molecule has 0 spiro atoms. The average molecular weight is 431 g/mol. The molecule has 2 aromatic rings. The van der Waals surface area contributed by atoms with E-state index in [1.165, 1.54) is 6.07 Å². The molecule has 5 nitrogen and oxygen atoms in total. The van der Waals surface area contributed by atoms with Gasteiger partial charge in [0.05, 0.1) is 10.6 Å². The van der Waals surface area contributed by atoms with Crippen molar-refractivity contribution in [2.45, 2.75) is 65.2 Å². The van der Waals surface area contributed by atoms with Crippen LogP contribution in [0.5, 0.6) is 0 Å². The second-order valence-corrected chi connectivity index (χ2v) is 9.61. The predicted molar refractivity (Wildman–Crippen MR) is 124 cm³/mol. The molecule has 2 aromatic carbocycles. The molecule has 2 rings (SSSR count). The van der Waals surface area contributed by atoms with Crippen molar-refractivity contribution in [2.75, 3.05) is 11.3 Å². The zero-order valence-electron chi connectivity index (χ0n) is 18.7. The highest BCUT2D eigenvalue weighted by Gasteiger charge is 2.20. The molecule has 0 bridgehead atoms. The van der Waals surface area contributed by atoms with Crippen LogP contribution in [-0.2, 0) is 10.0 Å². The van der Waals surface area contributed by atoms with Crippen molar-refractivity contribution in [3.05, 3.63) is 58.7 Å². The second-order valence-electron chi connectivity index (χ2n) is 7.96. The minimum atomic E-state index is -3.82. The van der Waals surface area contributed by atoms with Crippen LogP contribution >= 0.6 is 0 Å². The van der Waals surface area contributed by atoms with Gasteiger partial charge in [-0.2, -0.15) is 0 Å². The van der Waals surface area contributed by atoms with Gasteiger partial charge in [-0.3, -0.25) is 9.52 Å². The van der Waals surface area contributed by atoms with Gasteiger partial charge in [0.1, 0.15) is 0 Å². The standard InChI is InChI=1S/C24H34N2O3S/c1-6-8-11-20(7-2)16-25-24(27)21-14-13-18(4)23(15-21)30(28,29)26-22-12-9-10-17(3)19(22)5/h9-10,12-15,20,26H,6-8,11,16H2,1-5H3,(H,25,27)/t20-/m1/s1. The Balaban J connectivity index is 2.21. The molecule has 0 radical (unpaired) electrons. The monoisotopic (exact) mass is 430 g/mol. The van der Waals surface area contributed by atoms with Gasteiger partial charge in [0.15, 0.2) is 0 Å². The van der Waals surface area contributed by atoms with Gasteiger partial charge in [-0.15, -0.1) is 0 Å². The first-order valence-corrected chi connectivity index (χ1v) is 12.2. The molecular formula is C24H34N2O3S. The highest BCUT2D eigenvalue weighted by Crippen LogP contribution is 2.24. The van der Waals surface area contributed by atoms with E-state index in [-0.39, 0.29) is 10.8 Å². The lowest BCUT2D eigenvalue weighted by Gasteiger charge is -2.16. The van der Waals surface area contributed by atoms with Crippen LogP contribution < -0.4 is 10.0 Å². The van der Waals surface area contributed by atoms with Crippen molar-refractivity contribution in [2.24, 2.45) is 5.92 Å². The highest BCUT2D eigenvalue weighted by atomic mass is 32.2. The number of unbranched alkanes of at least 4 members (excludes halogenated alkanes) is 1. The Labute approximate surface area is 181 Å². The van der Waals surface area contributed by atoms with Crippen LogP contribution in [0, 0.1) is 26.7 Å². The van der Waals surface area contributed by atoms with Gasteiger partial charge < -0.3 is 5.32 Å². The van der Waals surface area contributed by atoms with Gasteiger partial charge in [-0.25, -0.2) is 8.42 Å². The summed E-state index contributed by atoms with van der Waals surface area (Å²) in [7, 11) is -3.82. The molecule has 0 saturated carbocycles. The smallest absolute Gasteiger partial charge is 0.262 e. The van der Waals surface area contributed by atoms with Gasteiger partial charge in [-0.1, -0.05) is 51.3 Å². The zero-order chi connectivity index (χ0) is 22.3. The van der Waals surface area contributed by atoms with Crippen molar-refractivity contribution < 1.29 is 13.2 Å². The number of nitrogens with one attached hydrogen (secondary N) is 2. The topological polar surface area (TPSA) is 75.3 Å². The summed E-state index contributed by atoms with van der Waals surface area (Å²) < 4.78 is 28.8. The molecule has 0 fully saturated rings. The number of aryl methyl sites for hydroxylation is 2. The molecule has 1 atom stereocenters. The molecule has 164 valence electrons. The average Bonchev–Trinajstić information content (AvgIpc) is 2.71. The number of benzene rings is 2. The molecule has 1 amide bonds. The quantitative estimate of drug-likeness (QED) is 0.533. The Morgan fingerprint density at radius 2 is 1.77 bits per heavy atom. The largest absolute Gasteiger partial charge is 0.352 e. The molecule has 0 aliphatic carbocycles. The first-order valence-electron chi connectivity index (χ1n) is 10.7. The maximum absolute atomic E-state index is 13.0. The maximum atomic E-state index is 13.0. The summed E-state index contributed by atoms with van der Waals surface area (Å²) in [5.41, 5.74) is 3.39. The van der Waals surface area contributed by atoms with Gasteiger partial charge >= 0.3 is 0 Å². The number of rotatable bonds is 10. The highest BCUT2D eigenvalue weighted by molar-refractivity contribution is 7.92. The molecular weight excluding hydrogens is 396 g/mol. The van der Waals surface area contributed by atoms with E-state index in [1.54, 1.807) is 25.1 Å². The molecule has 6 heteroatoms. The first kappa shape index (κ1) is 23.9. The van der Waals surface area contributed by atoms with E-state index < -0.39 is 10.0 Å². The van der Waals surface area contributed by atoms with Crippen molar-refractivity contribution in [1.29, 1.82) is 0 Å². The lowest BCUT2D eigenvalue weighted by Crippen LogP contribution is -2.29. The third-order valence-corrected chi connectivity index (χ3v) is 7.19. The minimum Gasteiger partial charge on any atom is -0.352 e. The number of amides is 1. The third kappa shape index (κ3) is 6.08. The fraction of sp³-hybridized carbons (Fsp3) is 0.458. The van der Waals surface area contributed by atoms with Crippen LogP contribution in [0.25, 0.3) is 0 Å². The number of carbonyl (C=O) groups is 1. The SMILES string of the molecule is CCCC[C@@H](CC)CNC(=O)c1ccc(C)c(S(=O)(=O)Nc2cccc(C)c2C)c1. The molecule has 0 heterocycles. The van der Waals surface area contributed by atoms with E-state index in [9.17, 15) is 13.2 Å². The number of carbonyl (C=O) groups excluding carboxylic acids is 1. The van der Waals surface area contributed by atoms with Crippen LogP contribution in [0.15, 0.2) is 41.3 Å². The summed E-state index contributed by atoms with van der Waals surface area (Å²) in [5.74, 6) is 0.196. The van der Waals surface area contributed by atoms with Gasteiger partial charge in [0, 0.05) is 12.1 Å². The molecule has 0 aliphatic rings. The van der Waals surface area contributed by atoms with E-state index in [0.717, 1.165) is 36.8 Å². The van der Waals surface area contributed by atoms with E-state index in [0.29, 0.717) is 29.3 Å². The fourth-order valence-electron chi connectivity index (χ4n) is 3.37. The minimum absolute atomic E-state index is 0.120. The predicted octanol–water partition coefficient (Wildman–Crippen LogP) is 5.36. The van der Waals surface area contributed by atoms with Crippen molar-refractivity contribution in [3.63, 3.8) is 0 Å². The Bertz CT molecular complexity index is 984. The van der Waals surface area contributed by atoms with E-state index in [1.807, 2.05) is 26.0 Å². The Morgan fingerprint density at radius 3 is 2.43 bits per heavy atom. The van der Waals surface area contributed by atoms with Gasteiger partial charge in [0.25, 0.3) is 15.9 Å². The number of sulfonamides is 1. The van der Waals surface area contributed by atoms with Crippen LogP contribution in [0.3, 0.4) is 0 Å². The molecule has 0 aliphatic heterocycles. The van der Waals surface area contributed by atoms with Crippen molar-refractivity contribution in [3.8, 4) is 0 Å². The second kappa shape index (κ2) is 10.6. The molecule has 30 heavy (non-hydrogen) atoms. The lowest BCUT2D eigenvalue weighted by molar-refractivity contribution is 0.0945. The number of hydrogen-bond donors (Lipinski definition) is 2. The third-order valence-electron chi connectivity index (χ3n) is 5.68. The summed E-state index contributed by atoms with van der Waals surface area (Å²) in [6, 6.07) is 10.3. The van der Waals surface area contributed by atoms with Gasteiger partial charge in [-0.05, 0) is 68.0 Å². The number of hydrogen-bond acceptors (Lipinski definition) is 3. The van der Waals surface area contributed by atoms with E-state index in [2.05, 4.69) is 23.9 Å². The van der Waals surface area contributed by atoms with E-state index in [4.69, 9.17) is 0 Å². The van der Waals surface area contributed by atoms with Crippen LogP contribution in [0.4, 0.5) is 5.69 Å². The Morgan fingerprint density at radius 1 is 1.03 bits per heavy atom. The summed E-state index contributed by atoms with van der Waals surface area (Å²) in [4.78, 5) is 12.8. The normalized spacial score (nSPS) is 12.4. The summed E-state index contributed by atoms with van der Waals surface area (Å²) in [5, 5.41) is 2.97. The first-order chi connectivity index (χ1) is 14.2. The van der Waals surface area contributed by atoms with Gasteiger partial charge in [0.2, 0.25) is 0 Å². The summed E-state index contributed by atoms with van der Waals surface area (Å²) >= 11 is 0. The van der Waals surface area contributed by atoms with E-state index >= 15 is 0 Å². The summed E-state index contributed by atoms with van der Waals surface area (Å²) in [6.07, 6.45) is 4.37. The molecule has 0 saturated heterocycles. The summed E-state index contributed by atoms with van der Waals surface area (Å²) in [6.45, 7) is 10.4. The van der Waals surface area contributed by atoms with Crippen LogP contribution in [0.2, 0.25) is 0 Å². The Hall–Kier alpha value is -2.34. The maximum Gasteiger partial charge on any atom is 0.262 e. The van der Waals surface area contributed by atoms with Crippen molar-refractivity contribution >= 4 is 21.6 Å². The van der Waals surface area contributed by atoms with Crippen molar-refractivity contribution in [1.82, 2.24) is 5.32 Å². The van der Waals surface area contributed by atoms with Crippen LogP contribution in [0.1, 0.15) is 66.6 Å². The fourth-order valence-corrected chi connectivity index (χ4v) is 4.77. The van der Waals surface area contributed by atoms with Crippen LogP contribution in [-0.4, -0.2) is 20.9 Å². The zero-order valence-corrected chi connectivity index (χ0v) is 19.5. The lowest BCUT2D eigenvalue weighted by atomic mass is 9.99.